The van der Waals surface area contributed by atoms with Crippen LogP contribution in [0.25, 0.3) is 11.0 Å². The minimum Gasteiger partial charge on any atom is -0.309 e. The molecular formula is C17H21FN6O2. The van der Waals surface area contributed by atoms with Crippen LogP contribution in [0.15, 0.2) is 35.3 Å². The molecule has 26 heavy (non-hydrogen) atoms. The highest BCUT2D eigenvalue weighted by Crippen LogP contribution is 2.14. The van der Waals surface area contributed by atoms with E-state index < -0.39 is 0 Å². The fraction of sp³-hybridized carbons (Fsp3) is 0.353. The van der Waals surface area contributed by atoms with Crippen molar-refractivity contribution in [3.8, 4) is 0 Å². The molecule has 3 rings (SSSR count). The van der Waals surface area contributed by atoms with Crippen LogP contribution in [-0.4, -0.2) is 51.9 Å². The molecule has 0 fully saturated rings. The number of rotatable bonds is 7. The van der Waals surface area contributed by atoms with E-state index in [1.54, 1.807) is 30.9 Å². The van der Waals surface area contributed by atoms with Gasteiger partial charge < -0.3 is 4.98 Å². The van der Waals surface area contributed by atoms with Crippen LogP contribution in [-0.2, 0) is 18.4 Å². The van der Waals surface area contributed by atoms with Gasteiger partial charge in [0.2, 0.25) is 0 Å². The monoisotopic (exact) mass is 360 g/mol. The Hall–Kier alpha value is -2.78. The minimum absolute atomic E-state index is 0.200. The number of hydrogen-bond donors (Lipinski definition) is 1. The van der Waals surface area contributed by atoms with Gasteiger partial charge in [0.25, 0.3) is 5.56 Å². The Kier molecular flexibility index (Phi) is 5.29. The van der Waals surface area contributed by atoms with E-state index in [2.05, 4.69) is 15.1 Å². The summed E-state index contributed by atoms with van der Waals surface area (Å²) in [6, 6.07) is 6.19. The molecule has 0 aliphatic carbocycles. The van der Waals surface area contributed by atoms with Crippen molar-refractivity contribution >= 4 is 16.7 Å². The number of benzene rings is 1. The fourth-order valence-corrected chi connectivity index (χ4v) is 2.57. The number of fused-ring (bicyclic) bond motifs is 1. The average molecular weight is 360 g/mol. The van der Waals surface area contributed by atoms with E-state index in [1.807, 2.05) is 11.9 Å². The SMILES string of the molecule is CN(CCON(C)c1cccc(F)c1)Cc1nc2c(cnn2C)c(=O)[nH]1. The van der Waals surface area contributed by atoms with Crippen LogP contribution >= 0.6 is 0 Å². The van der Waals surface area contributed by atoms with E-state index in [-0.39, 0.29) is 11.4 Å². The van der Waals surface area contributed by atoms with Crippen LogP contribution < -0.4 is 10.6 Å². The van der Waals surface area contributed by atoms with Gasteiger partial charge in [-0.2, -0.15) is 5.10 Å². The van der Waals surface area contributed by atoms with Crippen molar-refractivity contribution in [3.05, 3.63) is 52.5 Å². The number of H-pyrrole nitrogens is 1. The van der Waals surface area contributed by atoms with Gasteiger partial charge in [0.15, 0.2) is 5.65 Å². The average Bonchev–Trinajstić information content (AvgIpc) is 2.96. The van der Waals surface area contributed by atoms with Crippen LogP contribution in [0, 0.1) is 5.82 Å². The van der Waals surface area contributed by atoms with Gasteiger partial charge in [-0.3, -0.25) is 24.3 Å². The zero-order valence-corrected chi connectivity index (χ0v) is 14.9. The van der Waals surface area contributed by atoms with Crippen LogP contribution in [0.4, 0.5) is 10.1 Å². The summed E-state index contributed by atoms with van der Waals surface area (Å²) in [6.07, 6.45) is 1.50. The summed E-state index contributed by atoms with van der Waals surface area (Å²) in [4.78, 5) is 26.9. The lowest BCUT2D eigenvalue weighted by atomic mass is 10.3. The molecule has 2 heterocycles. The molecular weight excluding hydrogens is 339 g/mol. The van der Waals surface area contributed by atoms with E-state index in [1.165, 1.54) is 23.4 Å². The van der Waals surface area contributed by atoms with Crippen LogP contribution in [0.1, 0.15) is 5.82 Å². The first-order valence-corrected chi connectivity index (χ1v) is 8.15. The summed E-state index contributed by atoms with van der Waals surface area (Å²) >= 11 is 0. The van der Waals surface area contributed by atoms with Gasteiger partial charge in [-0.05, 0) is 25.2 Å². The number of halogens is 1. The summed E-state index contributed by atoms with van der Waals surface area (Å²) in [7, 11) is 5.38. The lowest BCUT2D eigenvalue weighted by Gasteiger charge is -2.21. The van der Waals surface area contributed by atoms with Crippen molar-refractivity contribution in [2.24, 2.45) is 7.05 Å². The second kappa shape index (κ2) is 7.63. The summed E-state index contributed by atoms with van der Waals surface area (Å²) in [5.74, 6) is 0.253. The fourth-order valence-electron chi connectivity index (χ4n) is 2.57. The van der Waals surface area contributed by atoms with E-state index in [0.717, 1.165) is 0 Å². The highest BCUT2D eigenvalue weighted by molar-refractivity contribution is 5.72. The van der Waals surface area contributed by atoms with Crippen LogP contribution in [0.3, 0.4) is 0 Å². The Morgan fingerprint density at radius 1 is 1.35 bits per heavy atom. The second-order valence-corrected chi connectivity index (χ2v) is 6.07. The first-order chi connectivity index (χ1) is 12.4. The quantitative estimate of drug-likeness (QED) is 0.640. The molecule has 0 aliphatic heterocycles. The van der Waals surface area contributed by atoms with Gasteiger partial charge in [-0.1, -0.05) is 6.07 Å². The predicted octanol–water partition coefficient (Wildman–Crippen LogP) is 1.30. The van der Waals surface area contributed by atoms with Gasteiger partial charge in [-0.25, -0.2) is 9.37 Å². The number of aromatic nitrogens is 4. The Labute approximate surface area is 149 Å². The lowest BCUT2D eigenvalue weighted by Crippen LogP contribution is -2.28. The van der Waals surface area contributed by atoms with E-state index in [9.17, 15) is 9.18 Å². The minimum atomic E-state index is -0.310. The number of hydrogen-bond acceptors (Lipinski definition) is 6. The number of nitrogens with one attached hydrogen (secondary N) is 1. The summed E-state index contributed by atoms with van der Waals surface area (Å²) < 4.78 is 14.8. The maximum absolute atomic E-state index is 13.2. The molecule has 0 saturated carbocycles. The number of nitrogens with zero attached hydrogens (tertiary/aromatic N) is 5. The Bertz CT molecular complexity index is 954. The molecule has 0 atom stereocenters. The van der Waals surface area contributed by atoms with E-state index in [0.29, 0.717) is 42.2 Å². The second-order valence-electron chi connectivity index (χ2n) is 6.07. The largest absolute Gasteiger partial charge is 0.309 e. The van der Waals surface area contributed by atoms with Gasteiger partial charge in [0.1, 0.15) is 17.0 Å². The molecule has 138 valence electrons. The van der Waals surface area contributed by atoms with Gasteiger partial charge in [0, 0.05) is 20.6 Å². The topological polar surface area (TPSA) is 79.3 Å². The number of hydroxylamine groups is 1. The molecule has 1 N–H and O–H groups in total. The molecule has 0 aliphatic rings. The molecule has 0 spiro atoms. The Balaban J connectivity index is 1.55. The van der Waals surface area contributed by atoms with Crippen molar-refractivity contribution in [2.75, 3.05) is 32.3 Å². The first-order valence-electron chi connectivity index (χ1n) is 8.15. The molecule has 9 heteroatoms. The smallest absolute Gasteiger partial charge is 0.262 e. The summed E-state index contributed by atoms with van der Waals surface area (Å²) in [5.41, 5.74) is 0.994. The van der Waals surface area contributed by atoms with Crippen molar-refractivity contribution in [3.63, 3.8) is 0 Å². The molecule has 0 bridgehead atoms. The third-order valence-electron chi connectivity index (χ3n) is 4.00. The maximum atomic E-state index is 13.2. The van der Waals surface area contributed by atoms with Gasteiger partial charge in [0.05, 0.1) is 25.0 Å². The zero-order chi connectivity index (χ0) is 18.7. The number of aryl methyl sites for hydroxylation is 1. The van der Waals surface area contributed by atoms with Crippen molar-refractivity contribution in [2.45, 2.75) is 6.54 Å². The zero-order valence-electron chi connectivity index (χ0n) is 14.9. The summed E-state index contributed by atoms with van der Waals surface area (Å²) in [5, 5.41) is 6.05. The van der Waals surface area contributed by atoms with Crippen molar-refractivity contribution in [1.82, 2.24) is 24.6 Å². The summed E-state index contributed by atoms with van der Waals surface area (Å²) in [6.45, 7) is 1.47. The maximum Gasteiger partial charge on any atom is 0.262 e. The molecule has 1 aromatic carbocycles. The van der Waals surface area contributed by atoms with Crippen molar-refractivity contribution in [1.29, 1.82) is 0 Å². The van der Waals surface area contributed by atoms with Crippen LogP contribution in [0.5, 0.6) is 0 Å². The molecule has 0 amide bonds. The third kappa shape index (κ3) is 4.06. The third-order valence-corrected chi connectivity index (χ3v) is 4.00. The van der Waals surface area contributed by atoms with E-state index >= 15 is 0 Å². The lowest BCUT2D eigenvalue weighted by molar-refractivity contribution is 0.0984. The normalized spacial score (nSPS) is 11.4. The Morgan fingerprint density at radius 2 is 2.15 bits per heavy atom. The molecule has 2 aromatic heterocycles. The highest BCUT2D eigenvalue weighted by atomic mass is 19.1. The molecule has 0 radical (unpaired) electrons. The Morgan fingerprint density at radius 3 is 2.92 bits per heavy atom. The van der Waals surface area contributed by atoms with E-state index in [4.69, 9.17) is 4.84 Å². The number of aromatic amines is 1. The molecule has 0 saturated heterocycles. The van der Waals surface area contributed by atoms with Crippen LogP contribution in [0.2, 0.25) is 0 Å². The predicted molar refractivity (Wildman–Crippen MR) is 96.2 cm³/mol. The molecule has 0 unspecified atom stereocenters. The van der Waals surface area contributed by atoms with Gasteiger partial charge in [-0.15, -0.1) is 0 Å². The molecule has 8 nitrogen and oxygen atoms in total. The standard InChI is InChI=1S/C17H21FN6O2/c1-22(7-8-26-24(3)13-6-4-5-12(18)9-13)11-15-20-16-14(17(25)21-15)10-19-23(16)2/h4-6,9-10H,7-8,11H2,1-3H3,(H,20,21,25). The molecule has 3 aromatic rings. The number of likely N-dealkylation sites (N-methyl/N-ethyl adjacent to an activating group) is 1. The number of anilines is 1. The van der Waals surface area contributed by atoms with Crippen molar-refractivity contribution < 1.29 is 9.23 Å². The van der Waals surface area contributed by atoms with Gasteiger partial charge >= 0.3 is 0 Å². The first kappa shape index (κ1) is 18.0. The highest BCUT2D eigenvalue weighted by Gasteiger charge is 2.10.